The predicted molar refractivity (Wildman–Crippen MR) is 94.1 cm³/mol. The van der Waals surface area contributed by atoms with Gasteiger partial charge in [0.1, 0.15) is 6.07 Å². The monoisotopic (exact) mass is 344 g/mol. The third-order valence-electron chi connectivity index (χ3n) is 4.59. The van der Waals surface area contributed by atoms with Gasteiger partial charge in [0.05, 0.1) is 22.5 Å². The lowest BCUT2D eigenvalue weighted by atomic mass is 9.97. The van der Waals surface area contributed by atoms with Gasteiger partial charge in [0.2, 0.25) is 10.0 Å². The summed E-state index contributed by atoms with van der Waals surface area (Å²) >= 11 is 0. The van der Waals surface area contributed by atoms with Crippen molar-refractivity contribution in [1.82, 2.24) is 4.98 Å². The second-order valence-corrected chi connectivity index (χ2v) is 8.02. The highest BCUT2D eigenvalue weighted by molar-refractivity contribution is 7.89. The van der Waals surface area contributed by atoms with E-state index in [9.17, 15) is 13.7 Å². The summed E-state index contributed by atoms with van der Waals surface area (Å²) in [5, 5.41) is 15.6. The van der Waals surface area contributed by atoms with Crippen molar-refractivity contribution in [3.05, 3.63) is 35.5 Å². The van der Waals surface area contributed by atoms with E-state index >= 15 is 0 Å². The number of sulfonamides is 1. The van der Waals surface area contributed by atoms with Crippen LogP contribution in [-0.4, -0.2) is 32.2 Å². The number of hydrogen-bond donors (Lipinski definition) is 1. The molecule has 1 fully saturated rings. The number of rotatable bonds is 3. The van der Waals surface area contributed by atoms with E-state index in [2.05, 4.69) is 16.0 Å². The number of benzene rings is 1. The first kappa shape index (κ1) is 16.7. The van der Waals surface area contributed by atoms with Crippen LogP contribution in [0.15, 0.2) is 24.4 Å². The van der Waals surface area contributed by atoms with E-state index in [1.54, 1.807) is 6.20 Å². The minimum Gasteiger partial charge on any atom is -0.370 e. The van der Waals surface area contributed by atoms with Gasteiger partial charge < -0.3 is 4.90 Å². The van der Waals surface area contributed by atoms with E-state index in [4.69, 9.17) is 5.14 Å². The molecular weight excluding hydrogens is 324 g/mol. The van der Waals surface area contributed by atoms with Crippen LogP contribution in [0.2, 0.25) is 0 Å². The van der Waals surface area contributed by atoms with Gasteiger partial charge in [-0.2, -0.15) is 5.26 Å². The molecule has 0 radical (unpaired) electrons. The Hall–Kier alpha value is -2.17. The molecular formula is C17H20N4O2S. The highest BCUT2D eigenvalue weighted by Gasteiger charge is 2.25. The Labute approximate surface area is 141 Å². The van der Waals surface area contributed by atoms with Crippen molar-refractivity contribution in [3.8, 4) is 6.07 Å². The maximum Gasteiger partial charge on any atom is 0.209 e. The highest BCUT2D eigenvalue weighted by atomic mass is 32.2. The number of nitrogens with zero attached hydrogens (tertiary/aromatic N) is 3. The number of anilines is 1. The fourth-order valence-corrected chi connectivity index (χ4v) is 4.42. The molecule has 1 aliphatic rings. The number of aromatic nitrogens is 1. The number of aryl methyl sites for hydroxylation is 1. The molecule has 7 heteroatoms. The van der Waals surface area contributed by atoms with Crippen molar-refractivity contribution in [2.24, 2.45) is 11.1 Å². The van der Waals surface area contributed by atoms with E-state index < -0.39 is 10.0 Å². The van der Waals surface area contributed by atoms with E-state index in [-0.39, 0.29) is 11.7 Å². The molecule has 1 aromatic carbocycles. The number of nitrogens with two attached hydrogens (primary N) is 1. The van der Waals surface area contributed by atoms with Gasteiger partial charge in [-0.05, 0) is 31.2 Å². The van der Waals surface area contributed by atoms with Crippen molar-refractivity contribution >= 4 is 26.6 Å². The first-order valence-corrected chi connectivity index (χ1v) is 9.64. The van der Waals surface area contributed by atoms with Crippen LogP contribution in [0.3, 0.4) is 0 Å². The Morgan fingerprint density at radius 3 is 2.71 bits per heavy atom. The van der Waals surface area contributed by atoms with Crippen LogP contribution >= 0.6 is 0 Å². The van der Waals surface area contributed by atoms with Crippen molar-refractivity contribution < 1.29 is 8.42 Å². The van der Waals surface area contributed by atoms with Crippen molar-refractivity contribution in [1.29, 1.82) is 5.26 Å². The number of piperidine rings is 1. The number of fused-ring (bicyclic) bond motifs is 1. The average molecular weight is 344 g/mol. The summed E-state index contributed by atoms with van der Waals surface area (Å²) in [5.41, 5.74) is 3.43. The fourth-order valence-electron chi connectivity index (χ4n) is 3.43. The highest BCUT2D eigenvalue weighted by Crippen LogP contribution is 2.33. The second-order valence-electron chi connectivity index (χ2n) is 6.36. The molecule has 2 N–H and O–H groups in total. The van der Waals surface area contributed by atoms with Gasteiger partial charge in [-0.15, -0.1) is 0 Å². The minimum absolute atomic E-state index is 0.0299. The molecule has 24 heavy (non-hydrogen) atoms. The minimum atomic E-state index is -3.44. The number of pyridine rings is 1. The van der Waals surface area contributed by atoms with Crippen LogP contribution in [0.25, 0.3) is 10.9 Å². The van der Waals surface area contributed by atoms with Gasteiger partial charge in [0, 0.05) is 24.7 Å². The number of para-hydroxylation sites is 1. The van der Waals surface area contributed by atoms with Crippen molar-refractivity contribution in [2.75, 3.05) is 23.7 Å². The molecule has 0 saturated carbocycles. The van der Waals surface area contributed by atoms with Gasteiger partial charge in [-0.1, -0.05) is 18.2 Å². The zero-order chi connectivity index (χ0) is 17.3. The topological polar surface area (TPSA) is 100 Å². The largest absolute Gasteiger partial charge is 0.370 e. The first-order valence-electron chi connectivity index (χ1n) is 7.93. The van der Waals surface area contributed by atoms with Crippen LogP contribution in [-0.2, 0) is 10.0 Å². The third-order valence-corrected chi connectivity index (χ3v) is 5.53. The molecule has 6 nitrogen and oxygen atoms in total. The zero-order valence-corrected chi connectivity index (χ0v) is 14.4. The lowest BCUT2D eigenvalue weighted by Crippen LogP contribution is -2.37. The van der Waals surface area contributed by atoms with Crippen molar-refractivity contribution in [2.45, 2.75) is 19.8 Å². The molecule has 0 atom stereocenters. The van der Waals surface area contributed by atoms with E-state index in [0.29, 0.717) is 18.7 Å². The smallest absolute Gasteiger partial charge is 0.209 e. The summed E-state index contributed by atoms with van der Waals surface area (Å²) in [6.07, 6.45) is 3.12. The molecule has 0 amide bonds. The van der Waals surface area contributed by atoms with Gasteiger partial charge in [0.15, 0.2) is 0 Å². The molecule has 0 unspecified atom stereocenters. The molecule has 2 aromatic rings. The Bertz CT molecular complexity index is 910. The van der Waals surface area contributed by atoms with Gasteiger partial charge in [0.25, 0.3) is 0 Å². The summed E-state index contributed by atoms with van der Waals surface area (Å²) in [6.45, 7) is 3.42. The number of hydrogen-bond acceptors (Lipinski definition) is 5. The van der Waals surface area contributed by atoms with Crippen LogP contribution in [0.4, 0.5) is 5.69 Å². The van der Waals surface area contributed by atoms with Crippen LogP contribution in [0, 0.1) is 24.2 Å². The van der Waals surface area contributed by atoms with Crippen LogP contribution in [0.5, 0.6) is 0 Å². The van der Waals surface area contributed by atoms with Gasteiger partial charge in [-0.3, -0.25) is 4.98 Å². The van der Waals surface area contributed by atoms with E-state index in [1.807, 2.05) is 25.1 Å². The summed E-state index contributed by atoms with van der Waals surface area (Å²) in [6, 6.07) is 8.20. The molecule has 0 spiro atoms. The summed E-state index contributed by atoms with van der Waals surface area (Å²) < 4.78 is 22.6. The zero-order valence-electron chi connectivity index (χ0n) is 13.6. The Kier molecular flexibility index (Phi) is 4.43. The third kappa shape index (κ3) is 3.35. The SMILES string of the molecule is Cc1cccc2c(N3CCC(CS(N)(=O)=O)CC3)c(C#N)cnc12. The molecule has 1 saturated heterocycles. The standard InChI is InChI=1S/C17H20N4O2S/c1-12-3-2-4-15-16(12)20-10-14(9-18)17(15)21-7-5-13(6-8-21)11-24(19,22)23/h2-4,10,13H,5-8,11H2,1H3,(H2,19,22,23). The molecule has 0 aliphatic carbocycles. The number of primary sulfonamides is 1. The predicted octanol–water partition coefficient (Wildman–Crippen LogP) is 1.92. The lowest BCUT2D eigenvalue weighted by molar-refractivity contribution is 0.436. The maximum atomic E-state index is 11.3. The molecule has 126 valence electrons. The second kappa shape index (κ2) is 6.38. The fraction of sp³-hybridized carbons (Fsp3) is 0.412. The Morgan fingerprint density at radius 2 is 2.08 bits per heavy atom. The number of nitriles is 1. The molecule has 1 aliphatic heterocycles. The first-order chi connectivity index (χ1) is 11.4. The molecule has 2 heterocycles. The van der Waals surface area contributed by atoms with E-state index in [0.717, 1.165) is 35.0 Å². The molecule has 1 aromatic heterocycles. The lowest BCUT2D eigenvalue weighted by Gasteiger charge is -2.34. The quantitative estimate of drug-likeness (QED) is 0.917. The molecule has 3 rings (SSSR count). The molecule has 0 bridgehead atoms. The van der Waals surface area contributed by atoms with Crippen LogP contribution < -0.4 is 10.0 Å². The summed E-state index contributed by atoms with van der Waals surface area (Å²) in [4.78, 5) is 6.59. The average Bonchev–Trinajstić information content (AvgIpc) is 2.53. The van der Waals surface area contributed by atoms with Crippen molar-refractivity contribution in [3.63, 3.8) is 0 Å². The Morgan fingerprint density at radius 1 is 1.38 bits per heavy atom. The van der Waals surface area contributed by atoms with Gasteiger partial charge >= 0.3 is 0 Å². The van der Waals surface area contributed by atoms with E-state index in [1.165, 1.54) is 0 Å². The summed E-state index contributed by atoms with van der Waals surface area (Å²) in [7, 11) is -3.44. The maximum absolute atomic E-state index is 11.3. The summed E-state index contributed by atoms with van der Waals surface area (Å²) in [5.74, 6) is 0.110. The Balaban J connectivity index is 1.93. The van der Waals surface area contributed by atoms with Crippen LogP contribution in [0.1, 0.15) is 24.0 Å². The normalized spacial score (nSPS) is 16.3. The van der Waals surface area contributed by atoms with Gasteiger partial charge in [-0.25, -0.2) is 13.6 Å².